The van der Waals surface area contributed by atoms with Crippen LogP contribution in [0.4, 0.5) is 0 Å². The van der Waals surface area contributed by atoms with Gasteiger partial charge in [0.2, 0.25) is 5.91 Å². The molecule has 0 saturated heterocycles. The van der Waals surface area contributed by atoms with Crippen LogP contribution in [0.3, 0.4) is 0 Å². The van der Waals surface area contributed by atoms with E-state index in [-0.39, 0.29) is 18.4 Å². The highest BCUT2D eigenvalue weighted by atomic mass is 35.5. The van der Waals surface area contributed by atoms with Crippen LogP contribution in [-0.4, -0.2) is 24.2 Å². The summed E-state index contributed by atoms with van der Waals surface area (Å²) in [6, 6.07) is 14.6. The molecule has 1 amide bonds. The molecule has 0 aliphatic carbocycles. The Morgan fingerprint density at radius 1 is 1.25 bits per heavy atom. The highest BCUT2D eigenvalue weighted by Crippen LogP contribution is 2.19. The second-order valence-electron chi connectivity index (χ2n) is 5.80. The van der Waals surface area contributed by atoms with Crippen LogP contribution >= 0.6 is 11.6 Å². The summed E-state index contributed by atoms with van der Waals surface area (Å²) in [6.07, 6.45) is -0.129. The van der Waals surface area contributed by atoms with Crippen molar-refractivity contribution in [3.63, 3.8) is 0 Å². The number of ether oxygens (including phenoxy) is 1. The predicted molar refractivity (Wildman–Crippen MR) is 95.3 cm³/mol. The maximum Gasteiger partial charge on any atom is 0.223 e. The highest BCUT2D eigenvalue weighted by Gasteiger charge is 2.15. The molecule has 0 bridgehead atoms. The van der Waals surface area contributed by atoms with Gasteiger partial charge in [0, 0.05) is 11.1 Å². The molecule has 4 nitrogen and oxygen atoms in total. The summed E-state index contributed by atoms with van der Waals surface area (Å²) in [5.74, 6) is 0.608. The molecule has 0 radical (unpaired) electrons. The third-order valence-electron chi connectivity index (χ3n) is 3.72. The number of carbonyl (C=O) groups is 1. The first-order chi connectivity index (χ1) is 11.5. The van der Waals surface area contributed by atoms with Crippen LogP contribution in [0.15, 0.2) is 48.5 Å². The number of amides is 1. The van der Waals surface area contributed by atoms with Crippen molar-refractivity contribution in [2.45, 2.75) is 31.9 Å². The average molecular weight is 348 g/mol. The molecule has 128 valence electrons. The van der Waals surface area contributed by atoms with E-state index in [4.69, 9.17) is 16.3 Å². The molecule has 2 unspecified atom stereocenters. The van der Waals surface area contributed by atoms with Crippen molar-refractivity contribution < 1.29 is 14.6 Å². The number of hydrogen-bond donors (Lipinski definition) is 2. The van der Waals surface area contributed by atoms with Crippen LogP contribution in [0.25, 0.3) is 0 Å². The minimum atomic E-state index is -0.841. The first-order valence-corrected chi connectivity index (χ1v) is 8.21. The molecule has 5 heteroatoms. The molecule has 0 aromatic heterocycles. The van der Waals surface area contributed by atoms with Gasteiger partial charge in [0.25, 0.3) is 0 Å². The van der Waals surface area contributed by atoms with E-state index in [1.807, 2.05) is 31.2 Å². The van der Waals surface area contributed by atoms with Crippen LogP contribution in [-0.2, 0) is 11.2 Å². The third kappa shape index (κ3) is 5.55. The van der Waals surface area contributed by atoms with E-state index in [1.54, 1.807) is 31.4 Å². The largest absolute Gasteiger partial charge is 0.497 e. The summed E-state index contributed by atoms with van der Waals surface area (Å²) in [6.45, 7) is 1.94. The molecule has 2 aromatic rings. The van der Waals surface area contributed by atoms with Crippen LogP contribution < -0.4 is 10.1 Å². The smallest absolute Gasteiger partial charge is 0.223 e. The van der Waals surface area contributed by atoms with Crippen LogP contribution in [0.2, 0.25) is 5.02 Å². The van der Waals surface area contributed by atoms with E-state index in [1.165, 1.54) is 0 Å². The van der Waals surface area contributed by atoms with Crippen molar-refractivity contribution in [3.05, 3.63) is 64.7 Å². The maximum absolute atomic E-state index is 12.1. The molecular weight excluding hydrogens is 326 g/mol. The molecule has 0 saturated carbocycles. The Balaban J connectivity index is 1.85. The van der Waals surface area contributed by atoms with Crippen molar-refractivity contribution >= 4 is 17.5 Å². The lowest BCUT2D eigenvalue weighted by Gasteiger charge is -2.16. The molecule has 0 aliphatic rings. The van der Waals surface area contributed by atoms with Crippen molar-refractivity contribution in [1.29, 1.82) is 0 Å². The first kappa shape index (κ1) is 18.3. The molecule has 2 N–H and O–H groups in total. The van der Waals surface area contributed by atoms with Gasteiger partial charge in [0.1, 0.15) is 5.75 Å². The minimum absolute atomic E-state index is 0.0179. The summed E-state index contributed by atoms with van der Waals surface area (Å²) in [5.41, 5.74) is 1.76. The second kappa shape index (κ2) is 8.71. The van der Waals surface area contributed by atoms with Gasteiger partial charge in [0.15, 0.2) is 0 Å². The molecule has 2 aromatic carbocycles. The lowest BCUT2D eigenvalue weighted by Crippen LogP contribution is -2.34. The maximum atomic E-state index is 12.1. The number of aliphatic hydroxyl groups excluding tert-OH is 1. The topological polar surface area (TPSA) is 58.6 Å². The number of aliphatic hydroxyl groups is 1. The number of nitrogens with one attached hydrogen (secondary N) is 1. The van der Waals surface area contributed by atoms with Gasteiger partial charge in [-0.05, 0) is 48.7 Å². The number of hydrogen-bond acceptors (Lipinski definition) is 3. The number of benzene rings is 2. The summed E-state index contributed by atoms with van der Waals surface area (Å²) in [5, 5.41) is 13.6. The van der Waals surface area contributed by atoms with Crippen molar-refractivity contribution in [2.75, 3.05) is 7.11 Å². The van der Waals surface area contributed by atoms with E-state index in [0.29, 0.717) is 17.0 Å². The van der Waals surface area contributed by atoms with Crippen LogP contribution in [0.5, 0.6) is 5.75 Å². The molecule has 2 rings (SSSR count). The Morgan fingerprint density at radius 2 is 1.96 bits per heavy atom. The summed E-state index contributed by atoms with van der Waals surface area (Å²) in [7, 11) is 1.63. The molecule has 2 atom stereocenters. The highest BCUT2D eigenvalue weighted by molar-refractivity contribution is 6.30. The van der Waals surface area contributed by atoms with Crippen molar-refractivity contribution in [1.82, 2.24) is 5.32 Å². The number of methoxy groups -OCH3 is 1. The number of halogens is 1. The van der Waals surface area contributed by atoms with Gasteiger partial charge < -0.3 is 15.2 Å². The van der Waals surface area contributed by atoms with Gasteiger partial charge in [-0.3, -0.25) is 4.79 Å². The van der Waals surface area contributed by atoms with E-state index >= 15 is 0 Å². The Morgan fingerprint density at radius 3 is 2.62 bits per heavy atom. The Kier molecular flexibility index (Phi) is 6.64. The molecule has 0 spiro atoms. The first-order valence-electron chi connectivity index (χ1n) is 7.83. The monoisotopic (exact) mass is 347 g/mol. The Hall–Kier alpha value is -2.04. The van der Waals surface area contributed by atoms with E-state index in [0.717, 1.165) is 11.3 Å². The summed E-state index contributed by atoms with van der Waals surface area (Å²) in [4.78, 5) is 12.1. The Labute approximate surface area is 147 Å². The quantitative estimate of drug-likeness (QED) is 0.805. The fourth-order valence-corrected chi connectivity index (χ4v) is 2.64. The molecule has 0 fully saturated rings. The van der Waals surface area contributed by atoms with Crippen LogP contribution in [0, 0.1) is 0 Å². The van der Waals surface area contributed by atoms with Gasteiger partial charge in [-0.2, -0.15) is 0 Å². The lowest BCUT2D eigenvalue weighted by atomic mass is 10.0. The second-order valence-corrected chi connectivity index (χ2v) is 6.23. The predicted octanol–water partition coefficient (Wildman–Crippen LogP) is 3.52. The summed E-state index contributed by atoms with van der Waals surface area (Å²) < 4.78 is 5.20. The molecule has 0 aliphatic heterocycles. The van der Waals surface area contributed by atoms with Crippen molar-refractivity contribution in [3.8, 4) is 5.75 Å². The molecule has 0 heterocycles. The van der Waals surface area contributed by atoms with Gasteiger partial charge in [0.05, 0.1) is 19.6 Å². The lowest BCUT2D eigenvalue weighted by molar-refractivity contribution is -0.123. The SMILES string of the molecule is COc1cccc(CC(C)NC(=O)CC(O)c2ccc(Cl)cc2)c1. The van der Waals surface area contributed by atoms with Gasteiger partial charge in [-0.25, -0.2) is 0 Å². The third-order valence-corrected chi connectivity index (χ3v) is 3.97. The van der Waals surface area contributed by atoms with Gasteiger partial charge >= 0.3 is 0 Å². The van der Waals surface area contributed by atoms with Crippen LogP contribution in [0.1, 0.15) is 30.6 Å². The number of rotatable bonds is 7. The standard InChI is InChI=1S/C19H22ClNO3/c1-13(10-14-4-3-5-17(11-14)24-2)21-19(23)12-18(22)15-6-8-16(20)9-7-15/h3-9,11,13,18,22H,10,12H2,1-2H3,(H,21,23). The van der Waals surface area contributed by atoms with E-state index < -0.39 is 6.10 Å². The molecular formula is C19H22ClNO3. The normalized spacial score (nSPS) is 13.2. The van der Waals surface area contributed by atoms with E-state index in [2.05, 4.69) is 5.32 Å². The fraction of sp³-hybridized carbons (Fsp3) is 0.316. The van der Waals surface area contributed by atoms with Crippen molar-refractivity contribution in [2.24, 2.45) is 0 Å². The zero-order valence-corrected chi connectivity index (χ0v) is 14.6. The van der Waals surface area contributed by atoms with E-state index in [9.17, 15) is 9.90 Å². The minimum Gasteiger partial charge on any atom is -0.497 e. The average Bonchev–Trinajstić information content (AvgIpc) is 2.55. The zero-order chi connectivity index (χ0) is 17.5. The molecule has 24 heavy (non-hydrogen) atoms. The number of carbonyl (C=O) groups excluding carboxylic acids is 1. The zero-order valence-electron chi connectivity index (χ0n) is 13.8. The summed E-state index contributed by atoms with van der Waals surface area (Å²) >= 11 is 5.82. The Bertz CT molecular complexity index is 673. The van der Waals surface area contributed by atoms with Gasteiger partial charge in [-0.15, -0.1) is 0 Å². The fourth-order valence-electron chi connectivity index (χ4n) is 2.52. The van der Waals surface area contributed by atoms with Gasteiger partial charge in [-0.1, -0.05) is 35.9 Å².